The van der Waals surface area contributed by atoms with Crippen LogP contribution in [0.15, 0.2) is 111 Å². The average molecular weight is 473 g/mol. The summed E-state index contributed by atoms with van der Waals surface area (Å²) >= 11 is 0. The largest absolute Gasteiger partial charge is 0.508 e. The number of aromatic hydroxyl groups is 1. The number of hydrogen-bond donors (Lipinski definition) is 3. The van der Waals surface area contributed by atoms with Gasteiger partial charge in [-0.3, -0.25) is 0 Å². The van der Waals surface area contributed by atoms with Crippen LogP contribution < -0.4 is 10.6 Å². The smallest absolute Gasteiger partial charge is 0.117 e. The third-order valence-corrected chi connectivity index (χ3v) is 6.16. The van der Waals surface area contributed by atoms with Crippen LogP contribution in [0.3, 0.4) is 0 Å². The highest BCUT2D eigenvalue weighted by molar-refractivity contribution is 6.09. The van der Waals surface area contributed by atoms with E-state index < -0.39 is 0 Å². The van der Waals surface area contributed by atoms with Crippen molar-refractivity contribution in [3.05, 3.63) is 91.0 Å². The van der Waals surface area contributed by atoms with Gasteiger partial charge in [-0.1, -0.05) is 42.5 Å². The Kier molecular flexibility index (Phi) is 5.11. The van der Waals surface area contributed by atoms with Crippen molar-refractivity contribution in [2.75, 3.05) is 10.6 Å². The van der Waals surface area contributed by atoms with Crippen LogP contribution in [0.1, 0.15) is 13.8 Å². The van der Waals surface area contributed by atoms with Crippen molar-refractivity contribution in [1.29, 1.82) is 0 Å². The molecule has 1 aliphatic rings. The number of benzene rings is 5. The van der Waals surface area contributed by atoms with Gasteiger partial charge in [-0.2, -0.15) is 5.11 Å². The van der Waals surface area contributed by atoms with Gasteiger partial charge >= 0.3 is 0 Å². The zero-order valence-electron chi connectivity index (χ0n) is 19.9. The molecule has 0 atom stereocenters. The molecule has 0 unspecified atom stereocenters. The first-order chi connectivity index (χ1) is 17.5. The van der Waals surface area contributed by atoms with Crippen LogP contribution in [-0.2, 0) is 0 Å². The number of phenolic OH excluding ortho intramolecular Hbond substituents is 1. The van der Waals surface area contributed by atoms with Gasteiger partial charge in [0, 0.05) is 39.0 Å². The fraction of sp³-hybridized carbons (Fsp3) is 0.103. The zero-order valence-corrected chi connectivity index (χ0v) is 19.9. The van der Waals surface area contributed by atoms with Crippen molar-refractivity contribution >= 4 is 55.7 Å². The molecule has 0 aliphatic carbocycles. The van der Waals surface area contributed by atoms with E-state index in [1.54, 1.807) is 24.3 Å². The van der Waals surface area contributed by atoms with Crippen LogP contribution in [0.4, 0.5) is 34.1 Å². The zero-order chi connectivity index (χ0) is 24.7. The van der Waals surface area contributed by atoms with E-state index in [4.69, 9.17) is 0 Å². The summed E-state index contributed by atoms with van der Waals surface area (Å²) in [7, 11) is 0. The highest BCUT2D eigenvalue weighted by Gasteiger charge is 2.25. The van der Waals surface area contributed by atoms with Crippen molar-refractivity contribution in [2.24, 2.45) is 20.5 Å². The minimum Gasteiger partial charge on any atom is -0.508 e. The summed E-state index contributed by atoms with van der Waals surface area (Å²) in [6.45, 7) is 4.22. The molecular weight excluding hydrogens is 448 g/mol. The van der Waals surface area contributed by atoms with E-state index >= 15 is 0 Å². The maximum absolute atomic E-state index is 9.68. The van der Waals surface area contributed by atoms with Gasteiger partial charge < -0.3 is 15.7 Å². The van der Waals surface area contributed by atoms with Gasteiger partial charge in [-0.15, -0.1) is 15.3 Å². The molecule has 0 amide bonds. The molecule has 0 spiro atoms. The number of fused-ring (bicyclic) bond motifs is 1. The quantitative estimate of drug-likeness (QED) is 0.228. The van der Waals surface area contributed by atoms with Crippen LogP contribution in [0.2, 0.25) is 0 Å². The number of azo groups is 2. The topological polar surface area (TPSA) is 93.7 Å². The number of nitrogens with zero attached hydrogens (tertiary/aromatic N) is 4. The fourth-order valence-electron chi connectivity index (χ4n) is 4.61. The lowest BCUT2D eigenvalue weighted by Gasteiger charge is -2.36. The van der Waals surface area contributed by atoms with E-state index in [9.17, 15) is 5.11 Å². The van der Waals surface area contributed by atoms with Crippen LogP contribution in [0.25, 0.3) is 21.5 Å². The van der Waals surface area contributed by atoms with Crippen molar-refractivity contribution in [1.82, 2.24) is 0 Å². The Balaban J connectivity index is 1.38. The highest BCUT2D eigenvalue weighted by Crippen LogP contribution is 2.42. The molecule has 0 radical (unpaired) electrons. The van der Waals surface area contributed by atoms with Crippen molar-refractivity contribution in [3.63, 3.8) is 0 Å². The van der Waals surface area contributed by atoms with Crippen molar-refractivity contribution < 1.29 is 5.11 Å². The average Bonchev–Trinajstić information content (AvgIpc) is 2.87. The summed E-state index contributed by atoms with van der Waals surface area (Å²) in [6.07, 6.45) is 0. The lowest BCUT2D eigenvalue weighted by molar-refractivity contribution is 0.475. The molecule has 0 fully saturated rings. The van der Waals surface area contributed by atoms with Gasteiger partial charge in [-0.25, -0.2) is 0 Å². The van der Waals surface area contributed by atoms with E-state index in [1.165, 1.54) is 0 Å². The molecule has 7 heteroatoms. The Hall–Kier alpha value is -4.78. The van der Waals surface area contributed by atoms with Gasteiger partial charge in [0.1, 0.15) is 11.4 Å². The number of phenols is 1. The molecule has 5 aromatic carbocycles. The van der Waals surface area contributed by atoms with Gasteiger partial charge in [0.25, 0.3) is 0 Å². The minimum absolute atomic E-state index is 0.154. The van der Waals surface area contributed by atoms with Crippen LogP contribution in [0.5, 0.6) is 5.75 Å². The Morgan fingerprint density at radius 2 is 1.14 bits per heavy atom. The number of rotatable bonds is 4. The normalized spacial score (nSPS) is 14.4. The predicted molar refractivity (Wildman–Crippen MR) is 146 cm³/mol. The second kappa shape index (κ2) is 8.46. The first kappa shape index (κ1) is 21.7. The van der Waals surface area contributed by atoms with Crippen LogP contribution >= 0.6 is 0 Å². The number of anilines is 2. The molecule has 6 rings (SSSR count). The molecular formula is C29H24N6O. The molecule has 36 heavy (non-hydrogen) atoms. The Morgan fingerprint density at radius 3 is 1.83 bits per heavy atom. The van der Waals surface area contributed by atoms with E-state index in [0.29, 0.717) is 11.4 Å². The molecule has 3 N–H and O–H groups in total. The third-order valence-electron chi connectivity index (χ3n) is 6.16. The molecule has 0 saturated carbocycles. The molecule has 0 saturated heterocycles. The van der Waals surface area contributed by atoms with E-state index in [1.807, 2.05) is 48.5 Å². The number of nitrogens with one attached hydrogen (secondary N) is 2. The van der Waals surface area contributed by atoms with E-state index in [0.717, 1.165) is 44.3 Å². The molecule has 1 aliphatic heterocycles. The Labute approximate surface area is 208 Å². The minimum atomic E-state index is -0.233. The fourth-order valence-corrected chi connectivity index (χ4v) is 4.61. The van der Waals surface area contributed by atoms with Gasteiger partial charge in [0.15, 0.2) is 0 Å². The molecule has 1 heterocycles. The molecule has 176 valence electrons. The van der Waals surface area contributed by atoms with Crippen molar-refractivity contribution in [3.8, 4) is 5.75 Å². The van der Waals surface area contributed by atoms with E-state index in [2.05, 4.69) is 63.1 Å². The van der Waals surface area contributed by atoms with Crippen LogP contribution in [-0.4, -0.2) is 10.8 Å². The molecule has 0 bridgehead atoms. The van der Waals surface area contributed by atoms with Crippen molar-refractivity contribution in [2.45, 2.75) is 19.5 Å². The summed E-state index contributed by atoms with van der Waals surface area (Å²) in [5.41, 5.74) is 4.77. The summed E-state index contributed by atoms with van der Waals surface area (Å²) < 4.78 is 0. The second-order valence-electron chi connectivity index (χ2n) is 9.30. The maximum Gasteiger partial charge on any atom is 0.117 e. The lowest BCUT2D eigenvalue weighted by Crippen LogP contribution is -2.41. The second-order valence-corrected chi connectivity index (χ2v) is 9.30. The molecule has 7 nitrogen and oxygen atoms in total. The first-order valence-corrected chi connectivity index (χ1v) is 11.7. The lowest BCUT2D eigenvalue weighted by atomic mass is 10.00. The van der Waals surface area contributed by atoms with Gasteiger partial charge in [-0.05, 0) is 56.3 Å². The SMILES string of the molecule is CC1(C)Nc2cccc3c(/N=N/c4ccc(N=Nc5cccc(O)c5)c5ccccc45)ccc(c23)N1. The maximum atomic E-state index is 9.68. The van der Waals surface area contributed by atoms with Gasteiger partial charge in [0.2, 0.25) is 0 Å². The summed E-state index contributed by atoms with van der Waals surface area (Å²) in [4.78, 5) is 0. The Bertz CT molecular complexity index is 1670. The Morgan fingerprint density at radius 1 is 0.583 bits per heavy atom. The molecule has 5 aromatic rings. The number of hydrogen-bond acceptors (Lipinski definition) is 7. The van der Waals surface area contributed by atoms with Crippen LogP contribution in [0, 0.1) is 0 Å². The molecule has 0 aromatic heterocycles. The summed E-state index contributed by atoms with van der Waals surface area (Å²) in [5, 5.41) is 38.8. The van der Waals surface area contributed by atoms with E-state index in [-0.39, 0.29) is 11.4 Å². The predicted octanol–water partition coefficient (Wildman–Crippen LogP) is 9.10. The monoisotopic (exact) mass is 472 g/mol. The standard InChI is InChI=1S/C29H24N6O/c1-29(2)30-26-12-6-11-22-25(15-16-27(31-29)28(22)26)35-34-24-14-13-23(20-9-3-4-10-21(20)24)33-32-18-7-5-8-19(36)17-18/h3-17,30-31,36H,1-2H3/b33-32?,35-34+. The summed E-state index contributed by atoms with van der Waals surface area (Å²) in [6, 6.07) is 28.7. The summed E-state index contributed by atoms with van der Waals surface area (Å²) in [5.74, 6) is 0.154. The third kappa shape index (κ3) is 4.01. The van der Waals surface area contributed by atoms with Gasteiger partial charge in [0.05, 0.1) is 22.7 Å². The highest BCUT2D eigenvalue weighted by atomic mass is 16.3. The first-order valence-electron chi connectivity index (χ1n) is 11.7.